The summed E-state index contributed by atoms with van der Waals surface area (Å²) in [5, 5.41) is 4.10. The fourth-order valence-corrected chi connectivity index (χ4v) is 1.46. The number of hydrogen-bond donors (Lipinski definition) is 3. The summed E-state index contributed by atoms with van der Waals surface area (Å²) >= 11 is 11.7. The molecule has 1 aromatic heterocycles. The van der Waals surface area contributed by atoms with Crippen molar-refractivity contribution in [3.63, 3.8) is 0 Å². The van der Waals surface area contributed by atoms with Crippen LogP contribution in [0.2, 0.25) is 10.0 Å². The average molecular weight is 270 g/mol. The molecular formula is C10H9Cl2N5. The summed E-state index contributed by atoms with van der Waals surface area (Å²) in [5.74, 6) is 5.97. The average Bonchev–Trinajstić information content (AvgIpc) is 2.35. The van der Waals surface area contributed by atoms with Crippen LogP contribution in [0.5, 0.6) is 0 Å². The van der Waals surface area contributed by atoms with Gasteiger partial charge >= 0.3 is 0 Å². The van der Waals surface area contributed by atoms with Gasteiger partial charge in [-0.1, -0.05) is 23.2 Å². The highest BCUT2D eigenvalue weighted by Gasteiger charge is 2.05. The van der Waals surface area contributed by atoms with Crippen molar-refractivity contribution in [3.05, 3.63) is 40.5 Å². The van der Waals surface area contributed by atoms with Gasteiger partial charge in [-0.15, -0.1) is 0 Å². The minimum atomic E-state index is 0.283. The first-order chi connectivity index (χ1) is 8.19. The van der Waals surface area contributed by atoms with Gasteiger partial charge in [-0.05, 0) is 24.3 Å². The summed E-state index contributed by atoms with van der Waals surface area (Å²) in [5.41, 5.74) is 3.17. The predicted molar refractivity (Wildman–Crippen MR) is 69.6 cm³/mol. The zero-order valence-corrected chi connectivity index (χ0v) is 10.1. The van der Waals surface area contributed by atoms with Gasteiger partial charge in [0.15, 0.2) is 5.82 Å². The summed E-state index contributed by atoms with van der Waals surface area (Å²) in [6.07, 6.45) is 1.46. The molecule has 0 unspecified atom stereocenters. The van der Waals surface area contributed by atoms with E-state index in [9.17, 15) is 0 Å². The molecule has 0 radical (unpaired) electrons. The molecule has 17 heavy (non-hydrogen) atoms. The molecule has 0 aliphatic heterocycles. The Morgan fingerprint density at radius 3 is 2.47 bits per heavy atom. The highest BCUT2D eigenvalue weighted by Crippen LogP contribution is 2.24. The Labute approximate surface area is 108 Å². The number of nitrogen functional groups attached to an aromatic ring is 1. The first-order valence-corrected chi connectivity index (χ1v) is 5.46. The summed E-state index contributed by atoms with van der Waals surface area (Å²) in [6, 6.07) is 7.16. The lowest BCUT2D eigenvalue weighted by molar-refractivity contribution is 1.12. The number of anilines is 3. The van der Waals surface area contributed by atoms with E-state index in [-0.39, 0.29) is 5.95 Å². The molecule has 5 nitrogen and oxygen atoms in total. The minimum Gasteiger partial charge on any atom is -0.339 e. The van der Waals surface area contributed by atoms with Gasteiger partial charge in [-0.25, -0.2) is 10.8 Å². The van der Waals surface area contributed by atoms with Crippen LogP contribution in [0.3, 0.4) is 0 Å². The topological polar surface area (TPSA) is 75.9 Å². The first kappa shape index (κ1) is 11.9. The van der Waals surface area contributed by atoms with E-state index in [1.165, 1.54) is 6.20 Å². The number of nitrogens with one attached hydrogen (secondary N) is 2. The molecular weight excluding hydrogens is 261 g/mol. The van der Waals surface area contributed by atoms with Crippen LogP contribution >= 0.6 is 23.2 Å². The third-order valence-corrected chi connectivity index (χ3v) is 2.51. The van der Waals surface area contributed by atoms with Crippen molar-refractivity contribution in [2.45, 2.75) is 0 Å². The molecule has 0 fully saturated rings. The third-order valence-electron chi connectivity index (χ3n) is 1.98. The number of rotatable bonds is 3. The van der Waals surface area contributed by atoms with E-state index in [1.807, 2.05) is 12.1 Å². The molecule has 0 saturated carbocycles. The Morgan fingerprint density at radius 1 is 1.12 bits per heavy atom. The fraction of sp³-hybridized carbons (Fsp3) is 0. The van der Waals surface area contributed by atoms with Crippen LogP contribution < -0.4 is 16.6 Å². The Kier molecular flexibility index (Phi) is 3.63. The summed E-state index contributed by atoms with van der Waals surface area (Å²) in [6.45, 7) is 0. The molecule has 0 aliphatic rings. The zero-order valence-electron chi connectivity index (χ0n) is 8.61. The second kappa shape index (κ2) is 5.18. The van der Waals surface area contributed by atoms with Gasteiger partial charge in [0.1, 0.15) is 5.02 Å². The zero-order chi connectivity index (χ0) is 12.3. The van der Waals surface area contributed by atoms with Crippen LogP contribution in [0.4, 0.5) is 17.5 Å². The molecule has 0 aliphatic carbocycles. The van der Waals surface area contributed by atoms with Crippen LogP contribution in [0.1, 0.15) is 0 Å². The van der Waals surface area contributed by atoms with E-state index < -0.39 is 0 Å². The number of nitrogens with two attached hydrogens (primary N) is 1. The quantitative estimate of drug-likeness (QED) is 0.590. The maximum atomic E-state index is 5.95. The predicted octanol–water partition coefficient (Wildman–Crippen LogP) is 2.81. The van der Waals surface area contributed by atoms with E-state index in [0.717, 1.165) is 5.69 Å². The van der Waals surface area contributed by atoms with Crippen LogP contribution in [0, 0.1) is 0 Å². The highest BCUT2D eigenvalue weighted by atomic mass is 35.5. The monoisotopic (exact) mass is 269 g/mol. The van der Waals surface area contributed by atoms with E-state index in [1.54, 1.807) is 12.1 Å². The fourth-order valence-electron chi connectivity index (χ4n) is 1.19. The van der Waals surface area contributed by atoms with Crippen molar-refractivity contribution < 1.29 is 0 Å². The van der Waals surface area contributed by atoms with Crippen molar-refractivity contribution in [1.29, 1.82) is 0 Å². The van der Waals surface area contributed by atoms with Gasteiger partial charge < -0.3 is 5.32 Å². The lowest BCUT2D eigenvalue weighted by Crippen LogP contribution is -2.11. The standard InChI is InChI=1S/C10H9Cl2N5/c11-6-1-3-7(4-2-6)15-9-8(12)5-14-10(16-9)17-13/h1-5H,13H2,(H2,14,15,16,17). The first-order valence-electron chi connectivity index (χ1n) is 4.71. The van der Waals surface area contributed by atoms with Crippen LogP contribution in [0.25, 0.3) is 0 Å². The van der Waals surface area contributed by atoms with Crippen LogP contribution in [-0.2, 0) is 0 Å². The molecule has 2 aromatic rings. The molecule has 0 atom stereocenters. The Morgan fingerprint density at radius 2 is 1.82 bits per heavy atom. The molecule has 88 valence electrons. The highest BCUT2D eigenvalue weighted by molar-refractivity contribution is 6.33. The molecule has 0 bridgehead atoms. The number of halogens is 2. The Hall–Kier alpha value is -1.56. The van der Waals surface area contributed by atoms with E-state index in [4.69, 9.17) is 29.0 Å². The largest absolute Gasteiger partial charge is 0.339 e. The number of hydrazine groups is 1. The second-order valence-electron chi connectivity index (χ2n) is 3.17. The third kappa shape index (κ3) is 2.97. The van der Waals surface area contributed by atoms with E-state index in [0.29, 0.717) is 15.9 Å². The van der Waals surface area contributed by atoms with E-state index >= 15 is 0 Å². The molecule has 2 rings (SSSR count). The number of aromatic nitrogens is 2. The van der Waals surface area contributed by atoms with Crippen molar-refractivity contribution in [2.75, 3.05) is 10.7 Å². The molecule has 4 N–H and O–H groups in total. The van der Waals surface area contributed by atoms with Gasteiger partial charge in [0, 0.05) is 10.7 Å². The van der Waals surface area contributed by atoms with Crippen molar-refractivity contribution >= 4 is 40.7 Å². The molecule has 1 aromatic carbocycles. The van der Waals surface area contributed by atoms with Crippen LogP contribution in [0.15, 0.2) is 30.5 Å². The number of benzene rings is 1. The normalized spacial score (nSPS) is 10.1. The smallest absolute Gasteiger partial charge is 0.239 e. The summed E-state index contributed by atoms with van der Waals surface area (Å²) in [4.78, 5) is 7.96. The maximum Gasteiger partial charge on any atom is 0.239 e. The van der Waals surface area contributed by atoms with Crippen molar-refractivity contribution in [2.24, 2.45) is 5.84 Å². The van der Waals surface area contributed by atoms with Gasteiger partial charge in [0.05, 0.1) is 6.20 Å². The van der Waals surface area contributed by atoms with Gasteiger partial charge in [0.2, 0.25) is 5.95 Å². The Balaban J connectivity index is 2.25. The summed E-state index contributed by atoms with van der Waals surface area (Å²) < 4.78 is 0. The molecule has 0 spiro atoms. The van der Waals surface area contributed by atoms with E-state index in [2.05, 4.69) is 20.7 Å². The van der Waals surface area contributed by atoms with Gasteiger partial charge in [0.25, 0.3) is 0 Å². The number of nitrogens with zero attached hydrogens (tertiary/aromatic N) is 2. The molecule has 0 amide bonds. The van der Waals surface area contributed by atoms with Gasteiger partial charge in [-0.2, -0.15) is 4.98 Å². The summed E-state index contributed by atoms with van der Waals surface area (Å²) in [7, 11) is 0. The van der Waals surface area contributed by atoms with Crippen molar-refractivity contribution in [3.8, 4) is 0 Å². The Bertz CT molecular complexity index is 515. The maximum absolute atomic E-state index is 5.95. The van der Waals surface area contributed by atoms with Crippen molar-refractivity contribution in [1.82, 2.24) is 9.97 Å². The van der Waals surface area contributed by atoms with Crippen LogP contribution in [-0.4, -0.2) is 9.97 Å². The lowest BCUT2D eigenvalue weighted by Gasteiger charge is -2.08. The second-order valence-corrected chi connectivity index (χ2v) is 4.01. The SMILES string of the molecule is NNc1ncc(Cl)c(Nc2ccc(Cl)cc2)n1. The minimum absolute atomic E-state index is 0.283. The van der Waals surface area contributed by atoms with Gasteiger partial charge in [-0.3, -0.25) is 5.43 Å². The molecule has 1 heterocycles. The molecule has 0 saturated heterocycles. The number of hydrogen-bond acceptors (Lipinski definition) is 5. The molecule has 7 heteroatoms. The lowest BCUT2D eigenvalue weighted by atomic mass is 10.3.